The highest BCUT2D eigenvalue weighted by atomic mass is 32.2. The van der Waals surface area contributed by atoms with E-state index in [2.05, 4.69) is 31.6 Å². The molecule has 7 aliphatic rings. The summed E-state index contributed by atoms with van der Waals surface area (Å²) < 4.78 is 36.8. The molecule has 0 radical (unpaired) electrons. The number of hydrogen-bond acceptors (Lipinski definition) is 6. The van der Waals surface area contributed by atoms with Crippen LogP contribution in [0.3, 0.4) is 0 Å². The summed E-state index contributed by atoms with van der Waals surface area (Å²) in [5, 5.41) is 4.20. The molecule has 10 rings (SSSR count). The normalized spacial score (nSPS) is 28.4. The summed E-state index contributed by atoms with van der Waals surface area (Å²) in [4.78, 5) is 30.7. The first-order valence-corrected chi connectivity index (χ1v) is 19.8. The molecule has 5 heterocycles. The number of nitrogens with one attached hydrogen (secondary N) is 2. The maximum atomic E-state index is 14.9. The molecule has 4 unspecified atom stereocenters. The van der Waals surface area contributed by atoms with Gasteiger partial charge >= 0.3 is 0 Å². The first-order chi connectivity index (χ1) is 23.3. The second-order valence-corrected chi connectivity index (χ2v) is 17.4. The van der Waals surface area contributed by atoms with E-state index in [1.165, 1.54) is 30.4 Å². The molecule has 2 amide bonds. The lowest BCUT2D eigenvalue weighted by Gasteiger charge is -2.47. The lowest BCUT2D eigenvalue weighted by molar-refractivity contribution is -0.144. The standard InChI is InChI=1S/C38H46N4O5S/c1-47-27-14-16-29-31(18-27)32-19-38(32,37(44)41-21-25-12-13-26(41)20-39-25)22-42-33-17-24(36(43)40-48(45,46)28-9-5-6-10-28)11-15-30(33)34(35(29)42)23-7-3-2-4-8-23/h11,14-18,23,25-26,28,32,39H,2-10,12-13,19-22H2,1H3,(H,40,43). The van der Waals surface area contributed by atoms with E-state index in [9.17, 15) is 18.0 Å². The van der Waals surface area contributed by atoms with Crippen molar-refractivity contribution in [1.82, 2.24) is 19.5 Å². The minimum Gasteiger partial charge on any atom is -0.497 e. The van der Waals surface area contributed by atoms with Crippen molar-refractivity contribution in [2.45, 2.75) is 113 Å². The molecule has 0 spiro atoms. The first kappa shape index (κ1) is 30.7. The van der Waals surface area contributed by atoms with Crippen molar-refractivity contribution < 1.29 is 22.7 Å². The number of benzene rings is 2. The number of fused-ring (bicyclic) bond motifs is 10. The summed E-state index contributed by atoms with van der Waals surface area (Å²) in [5.74, 6) is 0.933. The molecule has 3 aromatic rings. The molecule has 3 saturated heterocycles. The third-order valence-electron chi connectivity index (χ3n) is 12.8. The summed E-state index contributed by atoms with van der Waals surface area (Å²) in [6, 6.07) is 12.7. The molecule has 3 saturated carbocycles. The van der Waals surface area contributed by atoms with Crippen LogP contribution in [0.2, 0.25) is 0 Å². The van der Waals surface area contributed by atoms with E-state index in [0.717, 1.165) is 85.9 Å². The van der Waals surface area contributed by atoms with Crippen molar-refractivity contribution in [3.63, 3.8) is 0 Å². The van der Waals surface area contributed by atoms with E-state index in [-0.39, 0.29) is 17.9 Å². The number of nitrogens with zero attached hydrogens (tertiary/aromatic N) is 2. The van der Waals surface area contributed by atoms with Crippen LogP contribution in [-0.4, -0.2) is 67.2 Å². The van der Waals surface area contributed by atoms with E-state index < -0.39 is 26.6 Å². The Balaban J connectivity index is 1.20. The maximum Gasteiger partial charge on any atom is 0.264 e. The fraction of sp³-hybridized carbons (Fsp3) is 0.579. The van der Waals surface area contributed by atoms with Crippen molar-refractivity contribution >= 4 is 32.7 Å². The van der Waals surface area contributed by atoms with Crippen LogP contribution in [0.1, 0.15) is 110 Å². The quantitative estimate of drug-likeness (QED) is 0.342. The van der Waals surface area contributed by atoms with Gasteiger partial charge in [-0.3, -0.25) is 9.59 Å². The van der Waals surface area contributed by atoms with Crippen LogP contribution in [0.15, 0.2) is 36.4 Å². The van der Waals surface area contributed by atoms with Gasteiger partial charge in [0.2, 0.25) is 15.9 Å². The predicted octanol–water partition coefficient (Wildman–Crippen LogP) is 5.82. The summed E-state index contributed by atoms with van der Waals surface area (Å²) >= 11 is 0. The van der Waals surface area contributed by atoms with Crippen molar-refractivity contribution in [3.05, 3.63) is 53.1 Å². The smallest absolute Gasteiger partial charge is 0.264 e. The summed E-state index contributed by atoms with van der Waals surface area (Å²) in [6.07, 6.45) is 11.7. The average Bonchev–Trinajstić information content (AvgIpc) is 3.43. The Morgan fingerprint density at radius 1 is 0.958 bits per heavy atom. The van der Waals surface area contributed by atoms with E-state index >= 15 is 0 Å². The monoisotopic (exact) mass is 670 g/mol. The summed E-state index contributed by atoms with van der Waals surface area (Å²) in [7, 11) is -2.06. The zero-order valence-corrected chi connectivity index (χ0v) is 28.6. The number of carbonyl (C=O) groups is 2. The Labute approximate surface area is 282 Å². The number of piperidine rings is 2. The number of carbonyl (C=O) groups excluding carboxylic acids is 2. The Morgan fingerprint density at radius 3 is 2.46 bits per heavy atom. The van der Waals surface area contributed by atoms with Gasteiger partial charge in [-0.05, 0) is 92.3 Å². The molecular formula is C38H46N4O5S. The average molecular weight is 671 g/mol. The fourth-order valence-electron chi connectivity index (χ4n) is 10.1. The SMILES string of the molecule is COc1ccc2c(c1)C1CC1(C(=O)N1CC3CCC1CN3)Cn1c-2c(C2CCCCC2)c2ccc(C(=O)NS(=O)(=O)C3CCCC3)cc21. The number of rotatable bonds is 6. The van der Waals surface area contributed by atoms with E-state index in [4.69, 9.17) is 4.74 Å². The van der Waals surface area contributed by atoms with Crippen LogP contribution in [0.25, 0.3) is 22.2 Å². The van der Waals surface area contributed by atoms with Crippen LogP contribution in [0.4, 0.5) is 0 Å². The molecule has 48 heavy (non-hydrogen) atoms. The van der Waals surface area contributed by atoms with Gasteiger partial charge in [-0.25, -0.2) is 13.1 Å². The predicted molar refractivity (Wildman–Crippen MR) is 185 cm³/mol. The molecule has 1 aromatic heterocycles. The van der Waals surface area contributed by atoms with Crippen molar-refractivity contribution in [2.24, 2.45) is 5.41 Å². The third kappa shape index (κ3) is 4.76. The number of sulfonamides is 1. The summed E-state index contributed by atoms with van der Waals surface area (Å²) in [5.41, 5.74) is 5.48. The topological polar surface area (TPSA) is 110 Å². The third-order valence-corrected chi connectivity index (χ3v) is 14.6. The number of hydrogen-bond donors (Lipinski definition) is 2. The molecule has 4 aliphatic heterocycles. The van der Waals surface area contributed by atoms with E-state index in [1.54, 1.807) is 13.2 Å². The molecule has 2 N–H and O–H groups in total. The van der Waals surface area contributed by atoms with Crippen LogP contribution in [-0.2, 0) is 21.4 Å². The highest BCUT2D eigenvalue weighted by Gasteiger charge is 2.64. The fourth-order valence-corrected chi connectivity index (χ4v) is 11.6. The Kier molecular flexibility index (Phi) is 7.24. The van der Waals surface area contributed by atoms with Gasteiger partial charge in [0, 0.05) is 59.7 Å². The number of piperazine rings is 1. The lowest BCUT2D eigenvalue weighted by Crippen LogP contribution is -2.63. The highest BCUT2D eigenvalue weighted by Crippen LogP contribution is 2.66. The molecular weight excluding hydrogens is 625 g/mol. The van der Waals surface area contributed by atoms with Gasteiger partial charge < -0.3 is 19.5 Å². The van der Waals surface area contributed by atoms with Crippen LogP contribution in [0, 0.1) is 5.41 Å². The largest absolute Gasteiger partial charge is 0.497 e. The summed E-state index contributed by atoms with van der Waals surface area (Å²) in [6.45, 7) is 2.15. The first-order valence-electron chi connectivity index (χ1n) is 18.2. The van der Waals surface area contributed by atoms with Crippen molar-refractivity contribution in [1.29, 1.82) is 0 Å². The molecule has 9 nitrogen and oxygen atoms in total. The Morgan fingerprint density at radius 2 is 1.75 bits per heavy atom. The van der Waals surface area contributed by atoms with Crippen molar-refractivity contribution in [2.75, 3.05) is 20.2 Å². The van der Waals surface area contributed by atoms with Gasteiger partial charge in [-0.15, -0.1) is 0 Å². The van der Waals surface area contributed by atoms with Crippen LogP contribution < -0.4 is 14.8 Å². The molecule has 254 valence electrons. The van der Waals surface area contributed by atoms with Gasteiger partial charge in [-0.2, -0.15) is 0 Å². The number of amides is 2. The molecule has 6 fully saturated rings. The maximum absolute atomic E-state index is 14.9. The zero-order chi connectivity index (χ0) is 32.8. The van der Waals surface area contributed by atoms with Crippen LogP contribution >= 0.6 is 0 Å². The lowest BCUT2D eigenvalue weighted by atomic mass is 9.81. The van der Waals surface area contributed by atoms with Crippen molar-refractivity contribution in [3.8, 4) is 17.0 Å². The number of aromatic nitrogens is 1. The van der Waals surface area contributed by atoms with Gasteiger partial charge in [-0.1, -0.05) is 38.2 Å². The van der Waals surface area contributed by atoms with Gasteiger partial charge in [0.15, 0.2) is 0 Å². The molecule has 10 heteroatoms. The van der Waals surface area contributed by atoms with E-state index in [1.807, 2.05) is 18.2 Å². The zero-order valence-electron chi connectivity index (χ0n) is 27.8. The Hall–Kier alpha value is -3.37. The second-order valence-electron chi connectivity index (χ2n) is 15.5. The van der Waals surface area contributed by atoms with Crippen LogP contribution in [0.5, 0.6) is 5.75 Å². The number of methoxy groups -OCH3 is 1. The molecule has 2 aromatic carbocycles. The molecule has 2 bridgehead atoms. The van der Waals surface area contributed by atoms with Gasteiger partial charge in [0.1, 0.15) is 5.75 Å². The second kappa shape index (κ2) is 11.3. The van der Waals surface area contributed by atoms with E-state index in [0.29, 0.717) is 36.9 Å². The number of ether oxygens (including phenoxy) is 1. The molecule has 3 aliphatic carbocycles. The van der Waals surface area contributed by atoms with Gasteiger partial charge in [0.25, 0.3) is 5.91 Å². The van der Waals surface area contributed by atoms with Gasteiger partial charge in [0.05, 0.1) is 23.5 Å². The minimum absolute atomic E-state index is 0.0840. The molecule has 4 atom stereocenters. The Bertz CT molecular complexity index is 1920. The minimum atomic E-state index is -3.76. The highest BCUT2D eigenvalue weighted by molar-refractivity contribution is 7.90.